The molecule has 158 valence electrons. The molecule has 0 aliphatic heterocycles. The summed E-state index contributed by atoms with van der Waals surface area (Å²) >= 11 is 0. The van der Waals surface area contributed by atoms with Gasteiger partial charge in [-0.15, -0.1) is 0 Å². The molecule has 0 aromatic heterocycles. The second kappa shape index (κ2) is 9.45. The molecule has 1 fully saturated rings. The van der Waals surface area contributed by atoms with Crippen molar-refractivity contribution in [2.45, 2.75) is 19.3 Å². The summed E-state index contributed by atoms with van der Waals surface area (Å²) in [5, 5.41) is 5.57. The van der Waals surface area contributed by atoms with Crippen LogP contribution < -0.4 is 21.1 Å². The molecule has 0 heterocycles. The highest BCUT2D eigenvalue weighted by atomic mass is 16.5. The topological polar surface area (TPSA) is 93.4 Å². The highest BCUT2D eigenvalue weighted by molar-refractivity contribution is 6.01. The fraction of sp³-hybridized carbons (Fsp3) is 0.200. The molecule has 1 aliphatic rings. The monoisotopic (exact) mass is 415 g/mol. The molecule has 1 saturated carbocycles. The first kappa shape index (κ1) is 20.6. The van der Waals surface area contributed by atoms with E-state index in [4.69, 9.17) is 10.5 Å². The van der Waals surface area contributed by atoms with Crippen LogP contribution in [-0.4, -0.2) is 18.5 Å². The van der Waals surface area contributed by atoms with Crippen LogP contribution in [0.2, 0.25) is 0 Å². The van der Waals surface area contributed by atoms with Gasteiger partial charge in [0.15, 0.2) is 5.78 Å². The number of benzene rings is 3. The summed E-state index contributed by atoms with van der Waals surface area (Å²) in [4.78, 5) is 24.7. The lowest BCUT2D eigenvalue weighted by Gasteiger charge is -2.23. The van der Waals surface area contributed by atoms with Crippen molar-refractivity contribution < 1.29 is 14.3 Å². The molecule has 0 atom stereocenters. The van der Waals surface area contributed by atoms with E-state index in [1.807, 2.05) is 54.6 Å². The van der Waals surface area contributed by atoms with Crippen LogP contribution in [-0.2, 0) is 0 Å². The van der Waals surface area contributed by atoms with Crippen molar-refractivity contribution in [3.63, 3.8) is 0 Å². The highest BCUT2D eigenvalue weighted by Crippen LogP contribution is 2.30. The van der Waals surface area contributed by atoms with Crippen LogP contribution in [0, 0.1) is 5.92 Å². The predicted octanol–water partition coefficient (Wildman–Crippen LogP) is 5.28. The number of carbonyl (C=O) groups excluding carboxylic acids is 2. The number of rotatable bonds is 7. The van der Waals surface area contributed by atoms with E-state index < -0.39 is 0 Å². The van der Waals surface area contributed by atoms with Gasteiger partial charge in [0, 0.05) is 17.2 Å². The van der Waals surface area contributed by atoms with Gasteiger partial charge in [-0.2, -0.15) is 0 Å². The quantitative estimate of drug-likeness (QED) is 0.362. The molecule has 2 amide bonds. The van der Waals surface area contributed by atoms with Gasteiger partial charge >= 0.3 is 6.03 Å². The fourth-order valence-corrected chi connectivity index (χ4v) is 3.55. The van der Waals surface area contributed by atoms with E-state index in [2.05, 4.69) is 10.6 Å². The third kappa shape index (κ3) is 4.92. The number of nitrogens with one attached hydrogen (secondary N) is 2. The third-order valence-corrected chi connectivity index (χ3v) is 5.50. The molecular formula is C25H25N3O3. The summed E-state index contributed by atoms with van der Waals surface area (Å²) in [5.74, 6) is 0.965. The van der Waals surface area contributed by atoms with Crippen LogP contribution in [0.4, 0.5) is 16.2 Å². The maximum Gasteiger partial charge on any atom is 0.323 e. The van der Waals surface area contributed by atoms with Crippen molar-refractivity contribution >= 4 is 23.2 Å². The number of Topliss-reactive ketones (excluding diaryl/α,β-unsaturated/α-hetero) is 1. The Bertz CT molecular complexity index is 1060. The fourth-order valence-electron chi connectivity index (χ4n) is 3.55. The molecule has 0 unspecified atom stereocenters. The van der Waals surface area contributed by atoms with Gasteiger partial charge in [0.1, 0.15) is 12.5 Å². The predicted molar refractivity (Wildman–Crippen MR) is 122 cm³/mol. The van der Waals surface area contributed by atoms with Gasteiger partial charge in [-0.1, -0.05) is 55.0 Å². The molecule has 0 radical (unpaired) electrons. The van der Waals surface area contributed by atoms with Gasteiger partial charge in [-0.25, -0.2) is 4.79 Å². The first-order chi connectivity index (χ1) is 15.1. The smallest absolute Gasteiger partial charge is 0.323 e. The Labute approximate surface area is 181 Å². The first-order valence-electron chi connectivity index (χ1n) is 10.4. The minimum Gasteiger partial charge on any atom is -0.476 e. The summed E-state index contributed by atoms with van der Waals surface area (Å²) in [6.45, 7) is 0.0253. The first-order valence-corrected chi connectivity index (χ1v) is 10.4. The van der Waals surface area contributed by atoms with E-state index >= 15 is 0 Å². The molecule has 6 nitrogen and oxygen atoms in total. The SMILES string of the molecule is NCOc1ccccc1NC(=O)Nc1ccc(-c2ccc(C(=O)C3CCC3)cc2)cc1. The van der Waals surface area contributed by atoms with Gasteiger partial charge in [0.25, 0.3) is 0 Å². The Balaban J connectivity index is 1.38. The van der Waals surface area contributed by atoms with Gasteiger partial charge in [-0.05, 0) is 48.2 Å². The maximum atomic E-state index is 12.4. The molecule has 0 bridgehead atoms. The average molecular weight is 415 g/mol. The van der Waals surface area contributed by atoms with Gasteiger partial charge in [0.05, 0.1) is 5.69 Å². The number of amides is 2. The summed E-state index contributed by atoms with van der Waals surface area (Å²) in [6.07, 6.45) is 3.17. The second-order valence-corrected chi connectivity index (χ2v) is 7.53. The number of carbonyl (C=O) groups is 2. The number of nitrogens with two attached hydrogens (primary N) is 1. The van der Waals surface area contributed by atoms with Crippen LogP contribution in [0.15, 0.2) is 72.8 Å². The van der Waals surface area contributed by atoms with Crippen molar-refractivity contribution in [3.05, 3.63) is 78.4 Å². The minimum atomic E-state index is -0.375. The number of ketones is 1. The Morgan fingerprint density at radius 2 is 1.52 bits per heavy atom. The molecule has 4 N–H and O–H groups in total. The van der Waals surface area contributed by atoms with Gasteiger partial charge < -0.3 is 15.4 Å². The van der Waals surface area contributed by atoms with E-state index in [0.29, 0.717) is 17.1 Å². The van der Waals surface area contributed by atoms with Crippen LogP contribution in [0.5, 0.6) is 5.75 Å². The molecule has 31 heavy (non-hydrogen) atoms. The Morgan fingerprint density at radius 1 is 0.871 bits per heavy atom. The van der Waals surface area contributed by atoms with Crippen LogP contribution in [0.1, 0.15) is 29.6 Å². The summed E-state index contributed by atoms with van der Waals surface area (Å²) in [7, 11) is 0. The zero-order valence-electron chi connectivity index (χ0n) is 17.1. The summed E-state index contributed by atoms with van der Waals surface area (Å²) in [5.41, 5.74) is 9.44. The van der Waals surface area contributed by atoms with Crippen LogP contribution >= 0.6 is 0 Å². The van der Waals surface area contributed by atoms with E-state index in [9.17, 15) is 9.59 Å². The van der Waals surface area contributed by atoms with Crippen LogP contribution in [0.3, 0.4) is 0 Å². The number of anilines is 2. The summed E-state index contributed by atoms with van der Waals surface area (Å²) < 4.78 is 5.31. The van der Waals surface area contributed by atoms with Crippen molar-refractivity contribution in [2.24, 2.45) is 11.7 Å². The third-order valence-electron chi connectivity index (χ3n) is 5.50. The lowest BCUT2D eigenvalue weighted by Crippen LogP contribution is -2.21. The molecule has 4 rings (SSSR count). The largest absolute Gasteiger partial charge is 0.476 e. The van der Waals surface area contributed by atoms with Gasteiger partial charge in [0.2, 0.25) is 0 Å². The van der Waals surface area contributed by atoms with Crippen molar-refractivity contribution in [2.75, 3.05) is 17.4 Å². The van der Waals surface area contributed by atoms with E-state index in [1.54, 1.807) is 18.2 Å². The number of hydrogen-bond donors (Lipinski definition) is 3. The van der Waals surface area contributed by atoms with Crippen molar-refractivity contribution in [1.82, 2.24) is 0 Å². The molecule has 0 saturated heterocycles. The van der Waals surface area contributed by atoms with E-state index in [0.717, 1.165) is 36.0 Å². The Kier molecular flexibility index (Phi) is 6.29. The highest BCUT2D eigenvalue weighted by Gasteiger charge is 2.25. The maximum absolute atomic E-state index is 12.4. The molecular weight excluding hydrogens is 390 g/mol. The standard InChI is InChI=1S/C25H25N3O3/c26-16-31-23-7-2-1-6-22(23)28-25(30)27-21-14-12-18(13-15-21)17-8-10-20(11-9-17)24(29)19-4-3-5-19/h1-2,6-15,19H,3-5,16,26H2,(H2,27,28,30). The zero-order valence-corrected chi connectivity index (χ0v) is 17.1. The Hall–Kier alpha value is -3.64. The molecule has 3 aromatic rings. The normalized spacial score (nSPS) is 13.2. The minimum absolute atomic E-state index is 0.0253. The van der Waals surface area contributed by atoms with Gasteiger partial charge in [-0.3, -0.25) is 10.5 Å². The lowest BCUT2D eigenvalue weighted by atomic mass is 9.80. The number of hydrogen-bond acceptors (Lipinski definition) is 4. The van der Waals surface area contributed by atoms with E-state index in [1.165, 1.54) is 0 Å². The Morgan fingerprint density at radius 3 is 2.13 bits per heavy atom. The molecule has 6 heteroatoms. The average Bonchev–Trinajstić information content (AvgIpc) is 2.75. The molecule has 0 spiro atoms. The zero-order chi connectivity index (χ0) is 21.6. The number of ether oxygens (including phenoxy) is 1. The van der Waals surface area contributed by atoms with Crippen molar-refractivity contribution in [1.29, 1.82) is 0 Å². The summed E-state index contributed by atoms with van der Waals surface area (Å²) in [6, 6.07) is 22.0. The molecule has 1 aliphatic carbocycles. The molecule has 3 aromatic carbocycles. The van der Waals surface area contributed by atoms with E-state index in [-0.39, 0.29) is 24.5 Å². The number of para-hydroxylation sites is 2. The lowest BCUT2D eigenvalue weighted by molar-refractivity contribution is 0.0855. The van der Waals surface area contributed by atoms with Crippen LogP contribution in [0.25, 0.3) is 11.1 Å². The number of urea groups is 1. The second-order valence-electron chi connectivity index (χ2n) is 7.53. The van der Waals surface area contributed by atoms with Crippen molar-refractivity contribution in [3.8, 4) is 16.9 Å².